The van der Waals surface area contributed by atoms with E-state index >= 15 is 0 Å². The Balaban J connectivity index is 2.12. The molecule has 5 nitrogen and oxygen atoms in total. The maximum absolute atomic E-state index is 5.73. The number of nitrogens with one attached hydrogen (secondary N) is 1. The Kier molecular flexibility index (Phi) is 5.94. The molecule has 0 bridgehead atoms. The number of anilines is 1. The van der Waals surface area contributed by atoms with Crippen LogP contribution in [0, 0.1) is 0 Å². The second-order valence-corrected chi connectivity index (χ2v) is 5.89. The van der Waals surface area contributed by atoms with E-state index < -0.39 is 0 Å². The Hall–Kier alpha value is -1.20. The van der Waals surface area contributed by atoms with Gasteiger partial charge < -0.3 is 15.0 Å². The van der Waals surface area contributed by atoms with Crippen LogP contribution in [0.1, 0.15) is 51.0 Å². The quantitative estimate of drug-likeness (QED) is 0.872. The molecule has 1 aliphatic heterocycles. The molecular formula is C16H28N4O. The number of aromatic nitrogens is 2. The fourth-order valence-corrected chi connectivity index (χ4v) is 2.77. The molecule has 0 spiro atoms. The van der Waals surface area contributed by atoms with Gasteiger partial charge in [0.2, 0.25) is 0 Å². The molecule has 1 fully saturated rings. The highest BCUT2D eigenvalue weighted by Crippen LogP contribution is 2.24. The minimum absolute atomic E-state index is 0.360. The topological polar surface area (TPSA) is 50.3 Å². The van der Waals surface area contributed by atoms with Gasteiger partial charge in [-0.3, -0.25) is 0 Å². The predicted molar refractivity (Wildman–Crippen MR) is 85.7 cm³/mol. The van der Waals surface area contributed by atoms with Gasteiger partial charge in [0, 0.05) is 32.2 Å². The van der Waals surface area contributed by atoms with Gasteiger partial charge in [-0.25, -0.2) is 9.97 Å². The maximum atomic E-state index is 5.73. The molecule has 1 saturated heterocycles. The van der Waals surface area contributed by atoms with E-state index in [2.05, 4.69) is 36.0 Å². The standard InChI is InChI=1S/C16H28N4O/c1-5-21-13-6-8-20(9-7-13)15-11-18-16(12(2)3)19-14(15)10-17-4/h11-13,17H,5-10H2,1-4H3. The molecule has 0 unspecified atom stereocenters. The summed E-state index contributed by atoms with van der Waals surface area (Å²) in [6, 6.07) is 0. The van der Waals surface area contributed by atoms with Crippen LogP contribution in [0.4, 0.5) is 5.69 Å². The molecule has 0 aromatic carbocycles. The number of ether oxygens (including phenoxy) is 1. The van der Waals surface area contributed by atoms with Crippen LogP contribution in [0.3, 0.4) is 0 Å². The first kappa shape index (κ1) is 16.2. The summed E-state index contributed by atoms with van der Waals surface area (Å²) in [7, 11) is 1.96. The van der Waals surface area contributed by atoms with Gasteiger partial charge in [-0.15, -0.1) is 0 Å². The van der Waals surface area contributed by atoms with Crippen LogP contribution >= 0.6 is 0 Å². The van der Waals surface area contributed by atoms with Crippen LogP contribution in [0.5, 0.6) is 0 Å². The second-order valence-electron chi connectivity index (χ2n) is 5.89. The zero-order chi connectivity index (χ0) is 15.2. The van der Waals surface area contributed by atoms with Crippen LogP contribution in [-0.4, -0.2) is 42.8 Å². The van der Waals surface area contributed by atoms with Crippen LogP contribution in [0.25, 0.3) is 0 Å². The summed E-state index contributed by atoms with van der Waals surface area (Å²) in [6.07, 6.45) is 4.57. The van der Waals surface area contributed by atoms with E-state index in [9.17, 15) is 0 Å². The van der Waals surface area contributed by atoms with E-state index in [4.69, 9.17) is 9.72 Å². The molecule has 0 atom stereocenters. The van der Waals surface area contributed by atoms with Crippen molar-refractivity contribution < 1.29 is 4.74 Å². The van der Waals surface area contributed by atoms with E-state index in [-0.39, 0.29) is 0 Å². The summed E-state index contributed by atoms with van der Waals surface area (Å²) >= 11 is 0. The largest absolute Gasteiger partial charge is 0.378 e. The lowest BCUT2D eigenvalue weighted by atomic mass is 10.1. The first-order chi connectivity index (χ1) is 10.2. The van der Waals surface area contributed by atoms with E-state index in [0.29, 0.717) is 12.0 Å². The third-order valence-electron chi connectivity index (χ3n) is 3.91. The van der Waals surface area contributed by atoms with Crippen molar-refractivity contribution in [2.24, 2.45) is 0 Å². The molecule has 2 heterocycles. The van der Waals surface area contributed by atoms with Crippen LogP contribution in [0.2, 0.25) is 0 Å². The van der Waals surface area contributed by atoms with Gasteiger partial charge in [-0.1, -0.05) is 13.8 Å². The van der Waals surface area contributed by atoms with Gasteiger partial charge in [0.25, 0.3) is 0 Å². The number of hydrogen-bond acceptors (Lipinski definition) is 5. The average molecular weight is 292 g/mol. The normalized spacial score (nSPS) is 16.7. The highest BCUT2D eigenvalue weighted by Gasteiger charge is 2.22. The Morgan fingerprint density at radius 3 is 2.67 bits per heavy atom. The van der Waals surface area contributed by atoms with Crippen molar-refractivity contribution in [3.8, 4) is 0 Å². The second kappa shape index (κ2) is 7.71. The fraction of sp³-hybridized carbons (Fsp3) is 0.750. The Bertz CT molecular complexity index is 442. The minimum Gasteiger partial charge on any atom is -0.378 e. The van der Waals surface area contributed by atoms with Gasteiger partial charge in [-0.2, -0.15) is 0 Å². The molecule has 0 amide bonds. The lowest BCUT2D eigenvalue weighted by molar-refractivity contribution is 0.0459. The average Bonchev–Trinajstić information content (AvgIpc) is 2.49. The summed E-state index contributed by atoms with van der Waals surface area (Å²) in [5, 5.41) is 3.22. The first-order valence-corrected chi connectivity index (χ1v) is 8.02. The molecule has 5 heteroatoms. The molecule has 1 aromatic rings. The number of nitrogens with zero attached hydrogens (tertiary/aromatic N) is 3. The molecule has 118 valence electrons. The summed E-state index contributed by atoms with van der Waals surface area (Å²) in [4.78, 5) is 11.7. The highest BCUT2D eigenvalue weighted by molar-refractivity contribution is 5.49. The summed E-state index contributed by atoms with van der Waals surface area (Å²) in [6.45, 7) is 9.95. The summed E-state index contributed by atoms with van der Waals surface area (Å²) in [5.74, 6) is 1.28. The van der Waals surface area contributed by atoms with Crippen molar-refractivity contribution >= 4 is 5.69 Å². The molecule has 21 heavy (non-hydrogen) atoms. The highest BCUT2D eigenvalue weighted by atomic mass is 16.5. The van der Waals surface area contributed by atoms with Gasteiger partial charge >= 0.3 is 0 Å². The van der Waals surface area contributed by atoms with Crippen molar-refractivity contribution in [1.29, 1.82) is 0 Å². The van der Waals surface area contributed by atoms with Gasteiger partial charge in [-0.05, 0) is 26.8 Å². The van der Waals surface area contributed by atoms with E-state index in [1.807, 2.05) is 13.2 Å². The third-order valence-corrected chi connectivity index (χ3v) is 3.91. The number of piperidine rings is 1. The lowest BCUT2D eigenvalue weighted by Gasteiger charge is -2.34. The molecule has 0 saturated carbocycles. The van der Waals surface area contributed by atoms with Crippen LogP contribution in [-0.2, 0) is 11.3 Å². The fourth-order valence-electron chi connectivity index (χ4n) is 2.77. The SMILES string of the molecule is CCOC1CCN(c2cnc(C(C)C)nc2CNC)CC1. The van der Waals surface area contributed by atoms with Crippen LogP contribution in [0.15, 0.2) is 6.20 Å². The molecule has 1 N–H and O–H groups in total. The van der Waals surface area contributed by atoms with E-state index in [1.54, 1.807) is 0 Å². The van der Waals surface area contributed by atoms with Gasteiger partial charge in [0.1, 0.15) is 5.82 Å². The monoisotopic (exact) mass is 292 g/mol. The van der Waals surface area contributed by atoms with E-state index in [1.165, 1.54) is 5.69 Å². The molecular weight excluding hydrogens is 264 g/mol. The zero-order valence-corrected chi connectivity index (χ0v) is 13.7. The third kappa shape index (κ3) is 4.14. The van der Waals surface area contributed by atoms with E-state index in [0.717, 1.165) is 50.6 Å². The van der Waals surface area contributed by atoms with Crippen molar-refractivity contribution in [3.05, 3.63) is 17.7 Å². The molecule has 1 aliphatic rings. The molecule has 1 aromatic heterocycles. The van der Waals surface area contributed by atoms with Gasteiger partial charge in [0.15, 0.2) is 0 Å². The molecule has 0 aliphatic carbocycles. The molecule has 2 rings (SSSR count). The van der Waals surface area contributed by atoms with Crippen molar-refractivity contribution in [2.75, 3.05) is 31.6 Å². The molecule has 0 radical (unpaired) electrons. The van der Waals surface area contributed by atoms with Crippen molar-refractivity contribution in [2.45, 2.75) is 52.2 Å². The maximum Gasteiger partial charge on any atom is 0.131 e. The summed E-state index contributed by atoms with van der Waals surface area (Å²) < 4.78 is 5.73. The van der Waals surface area contributed by atoms with Gasteiger partial charge in [0.05, 0.1) is 23.7 Å². The Morgan fingerprint density at radius 2 is 2.10 bits per heavy atom. The Labute approximate surface area is 128 Å². The Morgan fingerprint density at radius 1 is 1.38 bits per heavy atom. The van der Waals surface area contributed by atoms with Crippen molar-refractivity contribution in [1.82, 2.24) is 15.3 Å². The number of rotatable bonds is 6. The predicted octanol–water partition coefficient (Wildman–Crippen LogP) is 2.32. The lowest BCUT2D eigenvalue weighted by Crippen LogP contribution is -2.38. The first-order valence-electron chi connectivity index (χ1n) is 8.02. The van der Waals surface area contributed by atoms with Crippen molar-refractivity contribution in [3.63, 3.8) is 0 Å². The van der Waals surface area contributed by atoms with Crippen LogP contribution < -0.4 is 10.2 Å². The summed E-state index contributed by atoms with van der Waals surface area (Å²) in [5.41, 5.74) is 2.27. The number of hydrogen-bond donors (Lipinski definition) is 1. The minimum atomic E-state index is 0.360. The smallest absolute Gasteiger partial charge is 0.131 e. The zero-order valence-electron chi connectivity index (χ0n) is 13.7.